The number of aryl methyl sites for hydroxylation is 1. The highest BCUT2D eigenvalue weighted by Gasteiger charge is 2.15. The highest BCUT2D eigenvalue weighted by Crippen LogP contribution is 2.20. The first-order valence-corrected chi connectivity index (χ1v) is 8.19. The molecule has 3 heteroatoms. The van der Waals surface area contributed by atoms with Gasteiger partial charge in [0.25, 0.3) is 0 Å². The van der Waals surface area contributed by atoms with E-state index in [2.05, 4.69) is 38.0 Å². The lowest BCUT2D eigenvalue weighted by Gasteiger charge is -2.27. The molecule has 120 valence electrons. The summed E-state index contributed by atoms with van der Waals surface area (Å²) in [4.78, 5) is 2.40. The van der Waals surface area contributed by atoms with E-state index in [4.69, 9.17) is 0 Å². The molecule has 0 aliphatic heterocycles. The Balaban J connectivity index is 2.67. The van der Waals surface area contributed by atoms with Gasteiger partial charge in [-0.3, -0.25) is 0 Å². The molecule has 1 rings (SSSR count). The van der Waals surface area contributed by atoms with Gasteiger partial charge in [-0.25, -0.2) is 4.39 Å². The van der Waals surface area contributed by atoms with Crippen molar-refractivity contribution in [2.45, 2.75) is 59.0 Å². The van der Waals surface area contributed by atoms with E-state index >= 15 is 0 Å². The molecule has 0 spiro atoms. The molecule has 0 aliphatic rings. The van der Waals surface area contributed by atoms with Gasteiger partial charge in [-0.1, -0.05) is 32.4 Å². The third kappa shape index (κ3) is 5.76. The molecule has 0 amide bonds. The van der Waals surface area contributed by atoms with Crippen molar-refractivity contribution in [2.75, 3.05) is 20.1 Å². The second kappa shape index (κ2) is 9.16. The summed E-state index contributed by atoms with van der Waals surface area (Å²) in [5, 5.41) is 3.48. The summed E-state index contributed by atoms with van der Waals surface area (Å²) in [6.07, 6.45) is 3.44. The van der Waals surface area contributed by atoms with Crippen LogP contribution in [0.4, 0.5) is 4.39 Å². The number of hydrogen-bond acceptors (Lipinski definition) is 2. The van der Waals surface area contributed by atoms with Crippen molar-refractivity contribution in [3.05, 3.63) is 35.1 Å². The normalized spacial score (nSPS) is 14.4. The first-order chi connectivity index (χ1) is 9.99. The Morgan fingerprint density at radius 3 is 2.52 bits per heavy atom. The van der Waals surface area contributed by atoms with Gasteiger partial charge in [0.15, 0.2) is 0 Å². The molecular weight excluding hydrogens is 263 g/mol. The van der Waals surface area contributed by atoms with Crippen LogP contribution in [0.1, 0.15) is 57.2 Å². The van der Waals surface area contributed by atoms with E-state index < -0.39 is 0 Å². The topological polar surface area (TPSA) is 15.3 Å². The fraction of sp³-hybridized carbons (Fsp3) is 0.667. The third-order valence-corrected chi connectivity index (χ3v) is 4.28. The summed E-state index contributed by atoms with van der Waals surface area (Å²) in [6.45, 7) is 10.3. The van der Waals surface area contributed by atoms with Crippen LogP contribution in [0, 0.1) is 12.7 Å². The van der Waals surface area contributed by atoms with Crippen LogP contribution in [0.2, 0.25) is 0 Å². The van der Waals surface area contributed by atoms with Crippen molar-refractivity contribution in [2.24, 2.45) is 0 Å². The Hall–Kier alpha value is -0.930. The summed E-state index contributed by atoms with van der Waals surface area (Å²) in [5.74, 6) is -0.108. The van der Waals surface area contributed by atoms with Crippen LogP contribution >= 0.6 is 0 Å². The van der Waals surface area contributed by atoms with E-state index in [9.17, 15) is 4.39 Å². The number of nitrogens with one attached hydrogen (secondary N) is 1. The smallest absolute Gasteiger partial charge is 0.126 e. The number of halogens is 1. The molecule has 0 saturated heterocycles. The van der Waals surface area contributed by atoms with Gasteiger partial charge < -0.3 is 10.2 Å². The molecule has 1 aromatic rings. The lowest BCUT2D eigenvalue weighted by Crippen LogP contribution is -2.33. The van der Waals surface area contributed by atoms with Crippen molar-refractivity contribution < 1.29 is 4.39 Å². The van der Waals surface area contributed by atoms with E-state index in [0.717, 1.165) is 25.1 Å². The first kappa shape index (κ1) is 18.1. The standard InChI is InChI=1S/C18H31FN2/c1-6-8-15(4)21(5)12-11-18(20-7-2)16-10-9-14(3)17(19)13-16/h9-10,13,15,18,20H,6-8,11-12H2,1-5H3. The summed E-state index contributed by atoms with van der Waals surface area (Å²) in [6, 6.07) is 6.42. The molecule has 0 heterocycles. The predicted octanol–water partition coefficient (Wildman–Crippen LogP) is 4.30. The fourth-order valence-electron chi connectivity index (χ4n) is 2.65. The Labute approximate surface area is 129 Å². The zero-order chi connectivity index (χ0) is 15.8. The number of benzene rings is 1. The van der Waals surface area contributed by atoms with E-state index in [1.807, 2.05) is 19.1 Å². The summed E-state index contributed by atoms with van der Waals surface area (Å²) in [5.41, 5.74) is 1.76. The van der Waals surface area contributed by atoms with Crippen LogP contribution in [0.5, 0.6) is 0 Å². The summed E-state index contributed by atoms with van der Waals surface area (Å²) < 4.78 is 13.8. The molecule has 0 fully saturated rings. The summed E-state index contributed by atoms with van der Waals surface area (Å²) >= 11 is 0. The molecule has 0 saturated carbocycles. The molecule has 1 N–H and O–H groups in total. The van der Waals surface area contributed by atoms with E-state index in [1.165, 1.54) is 12.8 Å². The molecule has 2 nitrogen and oxygen atoms in total. The maximum absolute atomic E-state index is 13.8. The largest absolute Gasteiger partial charge is 0.310 e. The number of nitrogens with zero attached hydrogens (tertiary/aromatic N) is 1. The minimum absolute atomic E-state index is 0.108. The van der Waals surface area contributed by atoms with E-state index in [1.54, 1.807) is 6.07 Å². The fourth-order valence-corrected chi connectivity index (χ4v) is 2.65. The highest BCUT2D eigenvalue weighted by atomic mass is 19.1. The quantitative estimate of drug-likeness (QED) is 0.730. The second-order valence-electron chi connectivity index (χ2n) is 6.03. The SMILES string of the molecule is CCCC(C)N(C)CCC(NCC)c1ccc(C)c(F)c1. The van der Waals surface area contributed by atoms with E-state index in [-0.39, 0.29) is 11.9 Å². The minimum atomic E-state index is -0.108. The van der Waals surface area contributed by atoms with Gasteiger partial charge in [0.1, 0.15) is 5.82 Å². The Morgan fingerprint density at radius 1 is 1.24 bits per heavy atom. The highest BCUT2D eigenvalue weighted by molar-refractivity contribution is 5.25. The average Bonchev–Trinajstić information content (AvgIpc) is 2.46. The molecule has 0 aliphatic carbocycles. The first-order valence-electron chi connectivity index (χ1n) is 8.19. The second-order valence-corrected chi connectivity index (χ2v) is 6.03. The van der Waals surface area contributed by atoms with Crippen molar-refractivity contribution in [1.29, 1.82) is 0 Å². The molecule has 0 aromatic heterocycles. The molecule has 1 aromatic carbocycles. The average molecular weight is 294 g/mol. The monoisotopic (exact) mass is 294 g/mol. The van der Waals surface area contributed by atoms with Crippen molar-refractivity contribution in [3.63, 3.8) is 0 Å². The lowest BCUT2D eigenvalue weighted by atomic mass is 10.0. The van der Waals surface area contributed by atoms with Gasteiger partial charge in [-0.15, -0.1) is 0 Å². The Bertz CT molecular complexity index is 420. The van der Waals surface area contributed by atoms with E-state index in [0.29, 0.717) is 11.6 Å². The van der Waals surface area contributed by atoms with Crippen LogP contribution in [0.15, 0.2) is 18.2 Å². The van der Waals surface area contributed by atoms with Gasteiger partial charge in [0.05, 0.1) is 0 Å². The van der Waals surface area contributed by atoms with Crippen LogP contribution in [0.3, 0.4) is 0 Å². The molecule has 0 radical (unpaired) electrons. The van der Waals surface area contributed by atoms with Gasteiger partial charge in [-0.2, -0.15) is 0 Å². The molecule has 0 bridgehead atoms. The lowest BCUT2D eigenvalue weighted by molar-refractivity contribution is 0.231. The Morgan fingerprint density at radius 2 is 1.95 bits per heavy atom. The maximum Gasteiger partial charge on any atom is 0.126 e. The van der Waals surface area contributed by atoms with Gasteiger partial charge in [-0.05, 0) is 64.0 Å². The van der Waals surface area contributed by atoms with Crippen molar-refractivity contribution in [1.82, 2.24) is 10.2 Å². The number of hydrogen-bond donors (Lipinski definition) is 1. The minimum Gasteiger partial charge on any atom is -0.310 e. The number of rotatable bonds is 9. The van der Waals surface area contributed by atoms with Crippen molar-refractivity contribution in [3.8, 4) is 0 Å². The van der Waals surface area contributed by atoms with Crippen LogP contribution in [-0.2, 0) is 0 Å². The Kier molecular flexibility index (Phi) is 7.91. The van der Waals surface area contributed by atoms with Gasteiger partial charge in [0, 0.05) is 12.1 Å². The summed E-state index contributed by atoms with van der Waals surface area (Å²) in [7, 11) is 2.18. The zero-order valence-corrected chi connectivity index (χ0v) is 14.2. The maximum atomic E-state index is 13.8. The van der Waals surface area contributed by atoms with Gasteiger partial charge >= 0.3 is 0 Å². The molecule has 2 unspecified atom stereocenters. The molecule has 2 atom stereocenters. The molecular formula is C18H31FN2. The van der Waals surface area contributed by atoms with Crippen molar-refractivity contribution >= 4 is 0 Å². The van der Waals surface area contributed by atoms with Crippen LogP contribution in [0.25, 0.3) is 0 Å². The third-order valence-electron chi connectivity index (χ3n) is 4.28. The van der Waals surface area contributed by atoms with Gasteiger partial charge in [0.2, 0.25) is 0 Å². The van der Waals surface area contributed by atoms with Crippen LogP contribution < -0.4 is 5.32 Å². The zero-order valence-electron chi connectivity index (χ0n) is 14.2. The molecule has 21 heavy (non-hydrogen) atoms. The van der Waals surface area contributed by atoms with Crippen LogP contribution in [-0.4, -0.2) is 31.1 Å². The predicted molar refractivity (Wildman–Crippen MR) is 89.2 cm³/mol.